The third-order valence-electron chi connectivity index (χ3n) is 3.27. The van der Waals surface area contributed by atoms with Crippen LogP contribution in [0.4, 0.5) is 0 Å². The maximum atomic E-state index is 4.33. The van der Waals surface area contributed by atoms with Gasteiger partial charge in [0.2, 0.25) is 0 Å². The zero-order valence-electron chi connectivity index (χ0n) is 10.8. The molecule has 0 bridgehead atoms. The quantitative estimate of drug-likeness (QED) is 0.871. The van der Waals surface area contributed by atoms with Crippen molar-refractivity contribution in [1.29, 1.82) is 0 Å². The third-order valence-corrected chi connectivity index (χ3v) is 3.27. The van der Waals surface area contributed by atoms with Crippen LogP contribution in [0.5, 0.6) is 0 Å². The molecule has 0 aliphatic heterocycles. The standard InChI is InChI=1S/C15H19N3/c1-12-8-17-18(10-12)11-14-4-2-3-13(7-14)9-16-15-5-6-15/h2-4,7-8,10,15-16H,5-6,9,11H2,1H3. The van der Waals surface area contributed by atoms with Gasteiger partial charge in [0, 0.05) is 18.8 Å². The summed E-state index contributed by atoms with van der Waals surface area (Å²) in [6.45, 7) is 3.90. The van der Waals surface area contributed by atoms with Crippen LogP contribution in [-0.2, 0) is 13.1 Å². The molecular weight excluding hydrogens is 222 g/mol. The van der Waals surface area contributed by atoms with Crippen LogP contribution < -0.4 is 5.32 Å². The van der Waals surface area contributed by atoms with Crippen LogP contribution >= 0.6 is 0 Å². The Bertz CT molecular complexity index is 526. The van der Waals surface area contributed by atoms with Crippen molar-refractivity contribution in [2.24, 2.45) is 0 Å². The van der Waals surface area contributed by atoms with Crippen molar-refractivity contribution in [1.82, 2.24) is 15.1 Å². The molecule has 0 spiro atoms. The summed E-state index contributed by atoms with van der Waals surface area (Å²) in [5.41, 5.74) is 3.89. The molecule has 3 heteroatoms. The zero-order chi connectivity index (χ0) is 12.4. The van der Waals surface area contributed by atoms with Gasteiger partial charge >= 0.3 is 0 Å². The lowest BCUT2D eigenvalue weighted by atomic mass is 10.1. The molecule has 1 heterocycles. The van der Waals surface area contributed by atoms with E-state index in [2.05, 4.69) is 47.8 Å². The number of aryl methyl sites for hydroxylation is 1. The number of nitrogens with zero attached hydrogens (tertiary/aromatic N) is 2. The molecule has 18 heavy (non-hydrogen) atoms. The summed E-state index contributed by atoms with van der Waals surface area (Å²) in [7, 11) is 0. The maximum absolute atomic E-state index is 4.33. The number of hydrogen-bond acceptors (Lipinski definition) is 2. The van der Waals surface area contributed by atoms with E-state index in [4.69, 9.17) is 0 Å². The summed E-state index contributed by atoms with van der Waals surface area (Å²) in [6.07, 6.45) is 6.66. The highest BCUT2D eigenvalue weighted by Crippen LogP contribution is 2.19. The molecule has 0 saturated heterocycles. The first-order chi connectivity index (χ1) is 8.79. The topological polar surface area (TPSA) is 29.9 Å². The monoisotopic (exact) mass is 241 g/mol. The highest BCUT2D eigenvalue weighted by molar-refractivity contribution is 5.24. The van der Waals surface area contributed by atoms with Gasteiger partial charge in [-0.3, -0.25) is 4.68 Å². The van der Waals surface area contributed by atoms with E-state index in [9.17, 15) is 0 Å². The van der Waals surface area contributed by atoms with Gasteiger partial charge in [0.1, 0.15) is 0 Å². The lowest BCUT2D eigenvalue weighted by Gasteiger charge is -2.06. The van der Waals surface area contributed by atoms with Gasteiger partial charge in [0.15, 0.2) is 0 Å². The van der Waals surface area contributed by atoms with Crippen molar-refractivity contribution in [2.45, 2.75) is 38.9 Å². The van der Waals surface area contributed by atoms with E-state index in [0.29, 0.717) is 0 Å². The Morgan fingerprint density at radius 1 is 1.33 bits per heavy atom. The van der Waals surface area contributed by atoms with Gasteiger partial charge in [0.25, 0.3) is 0 Å². The molecule has 1 N–H and O–H groups in total. The smallest absolute Gasteiger partial charge is 0.0659 e. The van der Waals surface area contributed by atoms with Gasteiger partial charge in [-0.25, -0.2) is 0 Å². The predicted octanol–water partition coefficient (Wildman–Crippen LogP) is 2.49. The van der Waals surface area contributed by atoms with Crippen molar-refractivity contribution in [3.05, 3.63) is 53.3 Å². The minimum Gasteiger partial charge on any atom is -0.310 e. The Balaban J connectivity index is 1.65. The van der Waals surface area contributed by atoms with Gasteiger partial charge < -0.3 is 5.32 Å². The van der Waals surface area contributed by atoms with Crippen LogP contribution in [0.25, 0.3) is 0 Å². The van der Waals surface area contributed by atoms with Crippen LogP contribution in [0.2, 0.25) is 0 Å². The van der Waals surface area contributed by atoms with Crippen LogP contribution in [0.3, 0.4) is 0 Å². The third kappa shape index (κ3) is 2.99. The SMILES string of the molecule is Cc1cnn(Cc2cccc(CNC3CC3)c2)c1. The summed E-state index contributed by atoms with van der Waals surface area (Å²) in [4.78, 5) is 0. The molecule has 3 rings (SSSR count). The average Bonchev–Trinajstić information content (AvgIpc) is 3.11. The van der Waals surface area contributed by atoms with Crippen LogP contribution in [-0.4, -0.2) is 15.8 Å². The number of aromatic nitrogens is 2. The van der Waals surface area contributed by atoms with Gasteiger partial charge in [0.05, 0.1) is 12.7 Å². The molecular formula is C15H19N3. The Morgan fingerprint density at radius 2 is 2.17 bits per heavy atom. The molecule has 1 saturated carbocycles. The lowest BCUT2D eigenvalue weighted by Crippen LogP contribution is -2.15. The van der Waals surface area contributed by atoms with Crippen LogP contribution in [0.15, 0.2) is 36.7 Å². The maximum Gasteiger partial charge on any atom is 0.0659 e. The van der Waals surface area contributed by atoms with Crippen LogP contribution in [0.1, 0.15) is 29.5 Å². The summed E-state index contributed by atoms with van der Waals surface area (Å²) < 4.78 is 1.99. The fourth-order valence-electron chi connectivity index (χ4n) is 2.13. The van der Waals surface area contributed by atoms with Gasteiger partial charge in [-0.1, -0.05) is 24.3 Å². The molecule has 3 nitrogen and oxygen atoms in total. The molecule has 1 fully saturated rings. The van der Waals surface area contributed by atoms with E-state index in [-0.39, 0.29) is 0 Å². The van der Waals surface area contributed by atoms with E-state index >= 15 is 0 Å². The van der Waals surface area contributed by atoms with E-state index in [1.807, 2.05) is 10.9 Å². The molecule has 0 amide bonds. The normalized spacial score (nSPS) is 14.9. The minimum atomic E-state index is 0.766. The van der Waals surface area contributed by atoms with Crippen molar-refractivity contribution in [3.8, 4) is 0 Å². The lowest BCUT2D eigenvalue weighted by molar-refractivity contribution is 0.674. The molecule has 0 atom stereocenters. The van der Waals surface area contributed by atoms with Crippen LogP contribution in [0, 0.1) is 6.92 Å². The second kappa shape index (κ2) is 4.94. The first kappa shape index (κ1) is 11.5. The molecule has 1 aliphatic rings. The molecule has 94 valence electrons. The summed E-state index contributed by atoms with van der Waals surface area (Å²) >= 11 is 0. The summed E-state index contributed by atoms with van der Waals surface area (Å²) in [5, 5.41) is 7.87. The van der Waals surface area contributed by atoms with Crippen molar-refractivity contribution in [3.63, 3.8) is 0 Å². The van der Waals surface area contributed by atoms with Gasteiger partial charge in [-0.2, -0.15) is 5.10 Å². The fraction of sp³-hybridized carbons (Fsp3) is 0.400. The molecule has 1 aromatic heterocycles. The van der Waals surface area contributed by atoms with Gasteiger partial charge in [-0.15, -0.1) is 0 Å². The number of rotatable bonds is 5. The molecule has 0 radical (unpaired) electrons. The highest BCUT2D eigenvalue weighted by atomic mass is 15.3. The first-order valence-corrected chi connectivity index (χ1v) is 6.60. The largest absolute Gasteiger partial charge is 0.310 e. The Kier molecular flexibility index (Phi) is 3.15. The molecule has 2 aromatic rings. The number of hydrogen-bond donors (Lipinski definition) is 1. The van der Waals surface area contributed by atoms with E-state index in [0.717, 1.165) is 19.1 Å². The van der Waals surface area contributed by atoms with Crippen molar-refractivity contribution < 1.29 is 0 Å². The first-order valence-electron chi connectivity index (χ1n) is 6.60. The van der Waals surface area contributed by atoms with Crippen molar-refractivity contribution >= 4 is 0 Å². The predicted molar refractivity (Wildman–Crippen MR) is 72.4 cm³/mol. The Labute approximate surface area is 108 Å². The molecule has 1 aliphatic carbocycles. The second-order valence-corrected chi connectivity index (χ2v) is 5.19. The molecule has 0 unspecified atom stereocenters. The Hall–Kier alpha value is -1.61. The number of nitrogens with one attached hydrogen (secondary N) is 1. The van der Waals surface area contributed by atoms with Gasteiger partial charge in [-0.05, 0) is 36.5 Å². The summed E-state index contributed by atoms with van der Waals surface area (Å²) in [6, 6.07) is 9.52. The Morgan fingerprint density at radius 3 is 2.89 bits per heavy atom. The second-order valence-electron chi connectivity index (χ2n) is 5.19. The van der Waals surface area contributed by atoms with Crippen molar-refractivity contribution in [2.75, 3.05) is 0 Å². The minimum absolute atomic E-state index is 0.766. The van der Waals surface area contributed by atoms with E-state index in [1.165, 1.54) is 29.5 Å². The average molecular weight is 241 g/mol. The van der Waals surface area contributed by atoms with E-state index < -0.39 is 0 Å². The number of benzene rings is 1. The zero-order valence-corrected chi connectivity index (χ0v) is 10.8. The fourth-order valence-corrected chi connectivity index (χ4v) is 2.13. The highest BCUT2D eigenvalue weighted by Gasteiger charge is 2.19. The van der Waals surface area contributed by atoms with E-state index in [1.54, 1.807) is 0 Å². The molecule has 1 aromatic carbocycles. The summed E-state index contributed by atoms with van der Waals surface area (Å²) in [5.74, 6) is 0.